The molecule has 0 atom stereocenters. The highest BCUT2D eigenvalue weighted by Gasteiger charge is 2.19. The van der Waals surface area contributed by atoms with Gasteiger partial charge >= 0.3 is 0 Å². The number of para-hydroxylation sites is 2. The largest absolute Gasteiger partial charge is 0.455 e. The Morgan fingerprint density at radius 2 is 0.860 bits per heavy atom. The highest BCUT2D eigenvalue weighted by atomic mass is 16.3. The fourth-order valence-electron chi connectivity index (χ4n) is 6.99. The molecule has 9 aromatic rings. The number of fused-ring (bicyclic) bond motifs is 6. The molecule has 1 heteroatoms. The third-order valence-corrected chi connectivity index (χ3v) is 8.84. The van der Waals surface area contributed by atoms with Crippen LogP contribution in [0.15, 0.2) is 162 Å². The Balaban J connectivity index is 1.41. The summed E-state index contributed by atoms with van der Waals surface area (Å²) in [5, 5.41) is 9.75. The van der Waals surface area contributed by atoms with Crippen LogP contribution in [-0.2, 0) is 0 Å². The molecule has 1 nitrogen and oxygen atoms in total. The predicted molar refractivity (Wildman–Crippen MR) is 183 cm³/mol. The van der Waals surface area contributed by atoms with Crippen LogP contribution in [0.1, 0.15) is 0 Å². The number of hydrogen-bond acceptors (Lipinski definition) is 1. The summed E-state index contributed by atoms with van der Waals surface area (Å²) < 4.78 is 6.54. The Labute approximate surface area is 249 Å². The van der Waals surface area contributed by atoms with Crippen LogP contribution in [0.5, 0.6) is 0 Å². The summed E-state index contributed by atoms with van der Waals surface area (Å²) in [6.45, 7) is 0. The van der Waals surface area contributed by atoms with Crippen molar-refractivity contribution >= 4 is 54.3 Å². The van der Waals surface area contributed by atoms with Crippen molar-refractivity contribution < 1.29 is 4.42 Å². The lowest BCUT2D eigenvalue weighted by Gasteiger charge is -2.19. The quantitative estimate of drug-likeness (QED) is 0.201. The molecule has 0 saturated carbocycles. The Bertz CT molecular complexity index is 2440. The minimum absolute atomic E-state index is 0.916. The first-order valence-electron chi connectivity index (χ1n) is 14.8. The third-order valence-electron chi connectivity index (χ3n) is 8.84. The van der Waals surface area contributed by atoms with E-state index in [2.05, 4.69) is 152 Å². The standard InChI is InChI=1S/C42H26O/c1-2-13-27(14-3-1)40-32-18-6-8-20-34(32)41(35-21-9-7-19-33(35)40)29-25-28-15-4-5-16-30(28)38(26-29)37-23-12-22-36-31-17-10-11-24-39(31)43-42(36)37/h1-26H. The maximum atomic E-state index is 6.54. The monoisotopic (exact) mass is 546 g/mol. The van der Waals surface area contributed by atoms with Gasteiger partial charge in [-0.05, 0) is 78.3 Å². The van der Waals surface area contributed by atoms with Crippen LogP contribution in [-0.4, -0.2) is 0 Å². The Morgan fingerprint density at radius 1 is 0.326 bits per heavy atom. The van der Waals surface area contributed by atoms with E-state index in [4.69, 9.17) is 4.42 Å². The summed E-state index contributed by atoms with van der Waals surface area (Å²) in [7, 11) is 0. The third kappa shape index (κ3) is 3.65. The number of hydrogen-bond donors (Lipinski definition) is 0. The van der Waals surface area contributed by atoms with Crippen molar-refractivity contribution in [2.45, 2.75) is 0 Å². The second-order valence-corrected chi connectivity index (χ2v) is 11.2. The average Bonchev–Trinajstić information content (AvgIpc) is 3.46. The fraction of sp³-hybridized carbons (Fsp3) is 0. The van der Waals surface area contributed by atoms with E-state index >= 15 is 0 Å². The van der Waals surface area contributed by atoms with Gasteiger partial charge in [0.2, 0.25) is 0 Å². The molecule has 1 heterocycles. The molecular weight excluding hydrogens is 520 g/mol. The highest BCUT2D eigenvalue weighted by molar-refractivity contribution is 6.22. The minimum atomic E-state index is 0.916. The molecule has 0 aliphatic rings. The zero-order valence-corrected chi connectivity index (χ0v) is 23.4. The summed E-state index contributed by atoms with van der Waals surface area (Å²) in [6.07, 6.45) is 0. The Morgan fingerprint density at radius 3 is 1.56 bits per heavy atom. The first-order chi connectivity index (χ1) is 21.3. The predicted octanol–water partition coefficient (Wildman–Crippen LogP) is 12.0. The van der Waals surface area contributed by atoms with E-state index in [1.54, 1.807) is 0 Å². The molecule has 0 aliphatic heterocycles. The van der Waals surface area contributed by atoms with Gasteiger partial charge in [0.15, 0.2) is 0 Å². The molecule has 9 rings (SSSR count). The van der Waals surface area contributed by atoms with E-state index in [1.807, 2.05) is 6.07 Å². The van der Waals surface area contributed by atoms with Crippen LogP contribution in [0.25, 0.3) is 87.6 Å². The van der Waals surface area contributed by atoms with Crippen molar-refractivity contribution in [1.29, 1.82) is 0 Å². The van der Waals surface area contributed by atoms with Gasteiger partial charge in [0.25, 0.3) is 0 Å². The lowest BCUT2D eigenvalue weighted by atomic mass is 9.84. The molecule has 0 aliphatic carbocycles. The van der Waals surface area contributed by atoms with E-state index in [0.717, 1.165) is 27.5 Å². The molecule has 8 aromatic carbocycles. The molecule has 0 bridgehead atoms. The van der Waals surface area contributed by atoms with E-state index in [0.29, 0.717) is 0 Å². The van der Waals surface area contributed by atoms with E-state index in [-0.39, 0.29) is 0 Å². The van der Waals surface area contributed by atoms with Crippen LogP contribution in [0.4, 0.5) is 0 Å². The smallest absolute Gasteiger partial charge is 0.143 e. The van der Waals surface area contributed by atoms with Crippen molar-refractivity contribution in [1.82, 2.24) is 0 Å². The van der Waals surface area contributed by atoms with Crippen molar-refractivity contribution in [3.8, 4) is 33.4 Å². The molecule has 0 radical (unpaired) electrons. The lowest BCUT2D eigenvalue weighted by molar-refractivity contribution is 0.670. The van der Waals surface area contributed by atoms with Crippen LogP contribution >= 0.6 is 0 Å². The van der Waals surface area contributed by atoms with E-state index in [9.17, 15) is 0 Å². The Kier molecular flexibility index (Phi) is 5.27. The number of benzene rings is 8. The maximum Gasteiger partial charge on any atom is 0.143 e. The molecule has 0 unspecified atom stereocenters. The summed E-state index contributed by atoms with van der Waals surface area (Å²) >= 11 is 0. The second-order valence-electron chi connectivity index (χ2n) is 11.2. The molecular formula is C42H26O. The number of furan rings is 1. The summed E-state index contributed by atoms with van der Waals surface area (Å²) in [6, 6.07) is 56.8. The Hall–Kier alpha value is -5.66. The molecule has 0 saturated heterocycles. The van der Waals surface area contributed by atoms with Crippen LogP contribution in [0.2, 0.25) is 0 Å². The average molecular weight is 547 g/mol. The summed E-state index contributed by atoms with van der Waals surface area (Å²) in [4.78, 5) is 0. The molecule has 0 fully saturated rings. The van der Waals surface area contributed by atoms with Gasteiger partial charge in [-0.3, -0.25) is 0 Å². The number of rotatable bonds is 3. The van der Waals surface area contributed by atoms with Crippen molar-refractivity contribution in [2.24, 2.45) is 0 Å². The van der Waals surface area contributed by atoms with Crippen LogP contribution in [0, 0.1) is 0 Å². The van der Waals surface area contributed by atoms with Gasteiger partial charge < -0.3 is 4.42 Å². The fourth-order valence-corrected chi connectivity index (χ4v) is 6.99. The van der Waals surface area contributed by atoms with E-state index in [1.165, 1.54) is 60.1 Å². The normalized spacial score (nSPS) is 11.7. The van der Waals surface area contributed by atoms with Crippen molar-refractivity contribution in [3.63, 3.8) is 0 Å². The second kappa shape index (κ2) is 9.44. The van der Waals surface area contributed by atoms with Gasteiger partial charge in [0.1, 0.15) is 11.2 Å². The van der Waals surface area contributed by atoms with Gasteiger partial charge in [0.05, 0.1) is 0 Å². The molecule has 0 amide bonds. The van der Waals surface area contributed by atoms with Gasteiger partial charge in [-0.2, -0.15) is 0 Å². The maximum absolute atomic E-state index is 6.54. The summed E-state index contributed by atoms with van der Waals surface area (Å²) in [5.41, 5.74) is 9.11. The van der Waals surface area contributed by atoms with Gasteiger partial charge in [-0.15, -0.1) is 0 Å². The zero-order chi connectivity index (χ0) is 28.3. The first-order valence-corrected chi connectivity index (χ1v) is 14.8. The van der Waals surface area contributed by atoms with Crippen molar-refractivity contribution in [3.05, 3.63) is 158 Å². The zero-order valence-electron chi connectivity index (χ0n) is 23.4. The van der Waals surface area contributed by atoms with E-state index < -0.39 is 0 Å². The summed E-state index contributed by atoms with van der Waals surface area (Å²) in [5.74, 6) is 0. The SMILES string of the molecule is c1ccc(-c2c3ccccc3c(-c3cc(-c4cccc5c4oc4ccccc45)c4ccccc4c3)c3ccccc23)cc1. The van der Waals surface area contributed by atoms with Crippen LogP contribution < -0.4 is 0 Å². The molecule has 0 spiro atoms. The van der Waals surface area contributed by atoms with Crippen molar-refractivity contribution in [2.75, 3.05) is 0 Å². The molecule has 200 valence electrons. The first kappa shape index (κ1) is 24.0. The van der Waals surface area contributed by atoms with Gasteiger partial charge in [-0.25, -0.2) is 0 Å². The lowest BCUT2D eigenvalue weighted by Crippen LogP contribution is -1.92. The minimum Gasteiger partial charge on any atom is -0.455 e. The molecule has 0 N–H and O–H groups in total. The van der Waals surface area contributed by atoms with Crippen LogP contribution in [0.3, 0.4) is 0 Å². The molecule has 1 aromatic heterocycles. The topological polar surface area (TPSA) is 13.1 Å². The molecule has 43 heavy (non-hydrogen) atoms. The highest BCUT2D eigenvalue weighted by Crippen LogP contribution is 2.46. The van der Waals surface area contributed by atoms with Gasteiger partial charge in [0, 0.05) is 16.3 Å². The van der Waals surface area contributed by atoms with Gasteiger partial charge in [-0.1, -0.05) is 140 Å².